The summed E-state index contributed by atoms with van der Waals surface area (Å²) in [4.78, 5) is 11.7. The van der Waals surface area contributed by atoms with Gasteiger partial charge in [0.05, 0.1) is 31.2 Å². The number of alkyl carbamates (subject to hydrolysis) is 1. The molecular weight excluding hydrogens is 406 g/mol. The Morgan fingerprint density at radius 2 is 1.72 bits per heavy atom. The van der Waals surface area contributed by atoms with Crippen molar-refractivity contribution in [3.63, 3.8) is 0 Å². The second-order valence-corrected chi connectivity index (χ2v) is 8.70. The number of aromatic nitrogens is 2. The van der Waals surface area contributed by atoms with Gasteiger partial charge in [-0.25, -0.2) is 4.79 Å². The summed E-state index contributed by atoms with van der Waals surface area (Å²) in [6.45, 7) is 9.38. The maximum atomic E-state index is 11.7. The highest BCUT2D eigenvalue weighted by Crippen LogP contribution is 2.21. The van der Waals surface area contributed by atoms with Gasteiger partial charge in [-0.05, 0) is 51.5 Å². The van der Waals surface area contributed by atoms with Crippen LogP contribution in [-0.2, 0) is 11.3 Å². The molecule has 0 saturated heterocycles. The zero-order chi connectivity index (χ0) is 23.2. The van der Waals surface area contributed by atoms with Gasteiger partial charge in [0, 0.05) is 6.54 Å². The minimum Gasteiger partial charge on any atom is -0.494 e. The molecule has 0 aliphatic carbocycles. The second-order valence-electron chi connectivity index (χ2n) is 8.70. The zero-order valence-electron chi connectivity index (χ0n) is 19.8. The van der Waals surface area contributed by atoms with Crippen molar-refractivity contribution in [2.75, 3.05) is 13.2 Å². The number of benzene rings is 1. The van der Waals surface area contributed by atoms with E-state index in [0.717, 1.165) is 24.5 Å². The lowest BCUT2D eigenvalue weighted by Crippen LogP contribution is -2.34. The fourth-order valence-corrected chi connectivity index (χ4v) is 2.91. The predicted octanol–water partition coefficient (Wildman–Crippen LogP) is 6.56. The third kappa shape index (κ3) is 10.9. The van der Waals surface area contributed by atoms with E-state index < -0.39 is 11.7 Å². The summed E-state index contributed by atoms with van der Waals surface area (Å²) >= 11 is 0. The van der Waals surface area contributed by atoms with Crippen LogP contribution < -0.4 is 10.1 Å². The fourth-order valence-electron chi connectivity index (χ4n) is 2.91. The normalized spacial score (nSPS) is 11.6. The number of hydrogen-bond donors (Lipinski definition) is 1. The largest absolute Gasteiger partial charge is 0.494 e. The van der Waals surface area contributed by atoms with Crippen molar-refractivity contribution in [1.82, 2.24) is 15.1 Å². The zero-order valence-corrected chi connectivity index (χ0v) is 19.8. The summed E-state index contributed by atoms with van der Waals surface area (Å²) in [6.07, 6.45) is 10.5. The Bertz CT molecular complexity index is 825. The minimum atomic E-state index is -0.512. The number of rotatable bonds is 13. The number of ether oxygens (including phenoxy) is 2. The summed E-state index contributed by atoms with van der Waals surface area (Å²) in [6, 6.07) is 7.60. The number of hydrogen-bond acceptors (Lipinski definition) is 6. The average molecular weight is 444 g/mol. The van der Waals surface area contributed by atoms with Gasteiger partial charge >= 0.3 is 6.09 Å². The molecule has 1 heterocycles. The first-order valence-corrected chi connectivity index (χ1v) is 11.5. The molecule has 2 rings (SSSR count). The maximum absolute atomic E-state index is 11.7. The van der Waals surface area contributed by atoms with Gasteiger partial charge in [-0.15, -0.1) is 5.11 Å². The predicted molar refractivity (Wildman–Crippen MR) is 126 cm³/mol. The van der Waals surface area contributed by atoms with Gasteiger partial charge in [-0.2, -0.15) is 10.2 Å². The lowest BCUT2D eigenvalue weighted by atomic mass is 10.1. The number of azo groups is 1. The van der Waals surface area contributed by atoms with Crippen LogP contribution in [0.4, 0.5) is 16.2 Å². The third-order valence-corrected chi connectivity index (χ3v) is 4.51. The lowest BCUT2D eigenvalue weighted by Gasteiger charge is -2.19. The maximum Gasteiger partial charge on any atom is 0.407 e. The molecule has 1 amide bonds. The van der Waals surface area contributed by atoms with E-state index in [1.54, 1.807) is 17.1 Å². The van der Waals surface area contributed by atoms with E-state index in [1.165, 1.54) is 32.1 Å². The van der Waals surface area contributed by atoms with E-state index in [0.29, 0.717) is 18.8 Å². The molecule has 1 aromatic heterocycles. The summed E-state index contributed by atoms with van der Waals surface area (Å²) in [5, 5.41) is 15.4. The monoisotopic (exact) mass is 443 g/mol. The molecule has 8 nitrogen and oxygen atoms in total. The number of amides is 1. The molecule has 8 heteroatoms. The van der Waals surface area contributed by atoms with E-state index in [9.17, 15) is 4.79 Å². The van der Waals surface area contributed by atoms with Crippen molar-refractivity contribution < 1.29 is 14.3 Å². The standard InChI is InChI=1S/C24H37N5O3/c1-5-6-7-8-9-10-17-31-22-13-11-20(12-14-22)27-28-21-18-26-29(19-21)16-15-25-23(30)32-24(2,3)4/h11-14,18-19H,5-10,15-17H2,1-4H3,(H,25,30). The molecule has 0 aliphatic heterocycles. The fraction of sp³-hybridized carbons (Fsp3) is 0.583. The number of carbonyl (C=O) groups is 1. The first kappa shape index (κ1) is 25.4. The topological polar surface area (TPSA) is 90.1 Å². The van der Waals surface area contributed by atoms with Crippen molar-refractivity contribution in [2.24, 2.45) is 10.2 Å². The van der Waals surface area contributed by atoms with Gasteiger partial charge in [0.25, 0.3) is 0 Å². The van der Waals surface area contributed by atoms with Crippen molar-refractivity contribution in [2.45, 2.75) is 78.4 Å². The van der Waals surface area contributed by atoms with Gasteiger partial charge < -0.3 is 14.8 Å². The van der Waals surface area contributed by atoms with E-state index in [1.807, 2.05) is 45.0 Å². The Morgan fingerprint density at radius 3 is 2.44 bits per heavy atom. The number of carbonyl (C=O) groups excluding carboxylic acids is 1. The van der Waals surface area contributed by atoms with Gasteiger partial charge in [-0.3, -0.25) is 4.68 Å². The molecule has 2 aromatic rings. The Morgan fingerprint density at radius 1 is 1.03 bits per heavy atom. The number of nitrogens with one attached hydrogen (secondary N) is 1. The molecule has 0 radical (unpaired) electrons. The van der Waals surface area contributed by atoms with Crippen LogP contribution in [0.2, 0.25) is 0 Å². The molecule has 176 valence electrons. The summed E-state index contributed by atoms with van der Waals surface area (Å²) < 4.78 is 12.7. The molecule has 0 aliphatic rings. The van der Waals surface area contributed by atoms with E-state index >= 15 is 0 Å². The Hall–Kier alpha value is -2.90. The highest BCUT2D eigenvalue weighted by atomic mass is 16.6. The van der Waals surface area contributed by atoms with Crippen LogP contribution in [0.25, 0.3) is 0 Å². The van der Waals surface area contributed by atoms with Crippen LogP contribution in [-0.4, -0.2) is 34.6 Å². The quantitative estimate of drug-likeness (QED) is 0.280. The Balaban J connectivity index is 1.69. The molecule has 32 heavy (non-hydrogen) atoms. The second kappa shape index (κ2) is 13.5. The smallest absolute Gasteiger partial charge is 0.407 e. The molecule has 0 bridgehead atoms. The van der Waals surface area contributed by atoms with E-state index in [2.05, 4.69) is 27.6 Å². The van der Waals surface area contributed by atoms with Crippen LogP contribution in [0.3, 0.4) is 0 Å². The molecule has 0 atom stereocenters. The Labute approximate surface area is 191 Å². The summed E-state index contributed by atoms with van der Waals surface area (Å²) in [5.41, 5.74) is 0.878. The van der Waals surface area contributed by atoms with E-state index in [-0.39, 0.29) is 0 Å². The van der Waals surface area contributed by atoms with Crippen LogP contribution in [0.1, 0.15) is 66.2 Å². The average Bonchev–Trinajstić information content (AvgIpc) is 3.19. The lowest BCUT2D eigenvalue weighted by molar-refractivity contribution is 0.0525. The SMILES string of the molecule is CCCCCCCCOc1ccc(N=Nc2cnn(CCNC(=O)OC(C)(C)C)c2)cc1. The molecular formula is C24H37N5O3. The third-order valence-electron chi connectivity index (χ3n) is 4.51. The molecule has 0 saturated carbocycles. The molecule has 1 aromatic carbocycles. The highest BCUT2D eigenvalue weighted by molar-refractivity contribution is 5.67. The summed E-state index contributed by atoms with van der Waals surface area (Å²) in [7, 11) is 0. The highest BCUT2D eigenvalue weighted by Gasteiger charge is 2.15. The van der Waals surface area contributed by atoms with Gasteiger partial charge in [0.1, 0.15) is 17.0 Å². The first-order chi connectivity index (χ1) is 15.4. The number of unbranched alkanes of at least 4 members (excludes halogenated alkanes) is 5. The summed E-state index contributed by atoms with van der Waals surface area (Å²) in [5.74, 6) is 0.850. The van der Waals surface area contributed by atoms with Crippen LogP contribution in [0.5, 0.6) is 5.75 Å². The van der Waals surface area contributed by atoms with Crippen molar-refractivity contribution >= 4 is 17.5 Å². The van der Waals surface area contributed by atoms with Crippen molar-refractivity contribution in [3.8, 4) is 5.75 Å². The van der Waals surface area contributed by atoms with Gasteiger partial charge in [0.15, 0.2) is 0 Å². The molecule has 0 unspecified atom stereocenters. The van der Waals surface area contributed by atoms with Crippen molar-refractivity contribution in [1.29, 1.82) is 0 Å². The Kier molecular flexibility index (Phi) is 10.7. The molecule has 1 N–H and O–H groups in total. The van der Waals surface area contributed by atoms with Gasteiger partial charge in [-0.1, -0.05) is 39.0 Å². The van der Waals surface area contributed by atoms with E-state index in [4.69, 9.17) is 9.47 Å². The van der Waals surface area contributed by atoms with Crippen molar-refractivity contribution in [3.05, 3.63) is 36.7 Å². The minimum absolute atomic E-state index is 0.410. The molecule has 0 fully saturated rings. The first-order valence-electron chi connectivity index (χ1n) is 11.5. The van der Waals surface area contributed by atoms with Crippen LogP contribution in [0, 0.1) is 0 Å². The van der Waals surface area contributed by atoms with Crippen LogP contribution >= 0.6 is 0 Å². The number of nitrogens with zero attached hydrogens (tertiary/aromatic N) is 4. The van der Waals surface area contributed by atoms with Gasteiger partial charge in [0.2, 0.25) is 0 Å². The molecule has 0 spiro atoms. The van der Waals surface area contributed by atoms with Crippen LogP contribution in [0.15, 0.2) is 46.9 Å².